The van der Waals surface area contributed by atoms with Gasteiger partial charge in [0.15, 0.2) is 0 Å². The molecule has 0 saturated carbocycles. The Hall–Kier alpha value is -0.970. The number of phenolic OH excluding ortho intramolecular Hbond substituents is 1. The molecule has 1 amide bonds. The van der Waals surface area contributed by atoms with E-state index >= 15 is 0 Å². The van der Waals surface area contributed by atoms with Gasteiger partial charge in [-0.25, -0.2) is 0 Å². The van der Waals surface area contributed by atoms with Crippen LogP contribution in [0.2, 0.25) is 10.0 Å². The minimum atomic E-state index is -0.252. The zero-order valence-corrected chi connectivity index (χ0v) is 13.0. The summed E-state index contributed by atoms with van der Waals surface area (Å²) in [6, 6.07) is 2.87. The van der Waals surface area contributed by atoms with Gasteiger partial charge in [-0.05, 0) is 37.4 Å². The number of likely N-dealkylation sites (N-methyl/N-ethyl adjacent to an activating group) is 1. The summed E-state index contributed by atoms with van der Waals surface area (Å²) in [5.41, 5.74) is 0.650. The van der Waals surface area contributed by atoms with E-state index < -0.39 is 0 Å². The van der Waals surface area contributed by atoms with Crippen molar-refractivity contribution in [1.82, 2.24) is 10.2 Å². The smallest absolute Gasteiger partial charge is 0.239 e. The number of halogens is 2. The molecular formula is C14H18Cl2N2O2. The van der Waals surface area contributed by atoms with Crippen LogP contribution in [0.3, 0.4) is 0 Å². The van der Waals surface area contributed by atoms with E-state index in [1.54, 1.807) is 31.1 Å². The van der Waals surface area contributed by atoms with Crippen LogP contribution in [0.25, 0.3) is 0 Å². The summed E-state index contributed by atoms with van der Waals surface area (Å²) in [7, 11) is 3.47. The zero-order valence-electron chi connectivity index (χ0n) is 11.5. The fraction of sp³-hybridized carbons (Fsp3) is 0.500. The molecule has 2 atom stereocenters. The lowest BCUT2D eigenvalue weighted by Gasteiger charge is -2.32. The second kappa shape index (κ2) is 6.20. The largest absolute Gasteiger partial charge is 0.508 e. The summed E-state index contributed by atoms with van der Waals surface area (Å²) in [4.78, 5) is 13.6. The Balaban J connectivity index is 2.26. The van der Waals surface area contributed by atoms with Gasteiger partial charge in [-0.15, -0.1) is 0 Å². The Morgan fingerprint density at radius 3 is 2.75 bits per heavy atom. The lowest BCUT2D eigenvalue weighted by atomic mass is 9.85. The Bertz CT molecular complexity index is 520. The molecule has 0 unspecified atom stereocenters. The SMILES string of the molecule is CN(C)C(=O)[C@H]1C[C@H](c2c(O)ccc(Cl)c2Cl)CCN1. The number of hydrogen-bond donors (Lipinski definition) is 2. The number of rotatable bonds is 2. The van der Waals surface area contributed by atoms with Gasteiger partial charge in [0.05, 0.1) is 16.1 Å². The maximum Gasteiger partial charge on any atom is 0.239 e. The molecule has 1 aliphatic rings. The lowest BCUT2D eigenvalue weighted by Crippen LogP contribution is -2.47. The fourth-order valence-corrected chi connectivity index (χ4v) is 3.10. The van der Waals surface area contributed by atoms with E-state index in [1.165, 1.54) is 0 Å². The molecule has 1 aromatic rings. The fourth-order valence-electron chi connectivity index (χ4n) is 2.62. The highest BCUT2D eigenvalue weighted by Crippen LogP contribution is 2.41. The van der Waals surface area contributed by atoms with Crippen molar-refractivity contribution in [1.29, 1.82) is 0 Å². The summed E-state index contributed by atoms with van der Waals surface area (Å²) >= 11 is 12.2. The summed E-state index contributed by atoms with van der Waals surface area (Å²) in [5.74, 6) is 0.200. The van der Waals surface area contributed by atoms with Crippen molar-refractivity contribution >= 4 is 29.1 Å². The average Bonchev–Trinajstić information content (AvgIpc) is 2.43. The van der Waals surface area contributed by atoms with E-state index in [0.717, 1.165) is 6.42 Å². The quantitative estimate of drug-likeness (QED) is 0.882. The molecule has 1 heterocycles. The van der Waals surface area contributed by atoms with Crippen LogP contribution in [-0.2, 0) is 4.79 Å². The molecule has 2 rings (SSSR count). The molecule has 4 nitrogen and oxygen atoms in total. The van der Waals surface area contributed by atoms with E-state index in [0.29, 0.717) is 28.6 Å². The molecule has 1 aliphatic heterocycles. The molecule has 0 aliphatic carbocycles. The predicted octanol–water partition coefficient (Wildman–Crippen LogP) is 2.62. The van der Waals surface area contributed by atoms with E-state index in [4.69, 9.17) is 23.2 Å². The van der Waals surface area contributed by atoms with Crippen molar-refractivity contribution in [2.24, 2.45) is 0 Å². The second-order valence-corrected chi connectivity index (χ2v) is 6.04. The highest BCUT2D eigenvalue weighted by Gasteiger charge is 2.31. The van der Waals surface area contributed by atoms with Crippen LogP contribution in [0.4, 0.5) is 0 Å². The van der Waals surface area contributed by atoms with Crippen molar-refractivity contribution in [2.45, 2.75) is 24.8 Å². The summed E-state index contributed by atoms with van der Waals surface area (Å²) in [5, 5.41) is 14.1. The van der Waals surface area contributed by atoms with E-state index in [2.05, 4.69) is 5.32 Å². The topological polar surface area (TPSA) is 52.6 Å². The van der Waals surface area contributed by atoms with Gasteiger partial charge in [-0.1, -0.05) is 23.2 Å². The number of hydrogen-bond acceptors (Lipinski definition) is 3. The predicted molar refractivity (Wildman–Crippen MR) is 80.6 cm³/mol. The van der Waals surface area contributed by atoms with Crippen LogP contribution in [0.1, 0.15) is 24.3 Å². The molecule has 1 fully saturated rings. The Morgan fingerprint density at radius 1 is 1.40 bits per heavy atom. The Labute approximate surface area is 128 Å². The molecular weight excluding hydrogens is 299 g/mol. The first-order chi connectivity index (χ1) is 9.41. The first kappa shape index (κ1) is 15.4. The van der Waals surface area contributed by atoms with Gasteiger partial charge >= 0.3 is 0 Å². The molecule has 110 valence electrons. The highest BCUT2D eigenvalue weighted by molar-refractivity contribution is 6.42. The number of carbonyl (C=O) groups is 1. The number of phenols is 1. The summed E-state index contributed by atoms with van der Waals surface area (Å²) in [6.45, 7) is 0.706. The van der Waals surface area contributed by atoms with Crippen LogP contribution >= 0.6 is 23.2 Å². The third kappa shape index (κ3) is 3.03. The third-order valence-corrected chi connectivity index (χ3v) is 4.48. The van der Waals surface area contributed by atoms with Crippen molar-refractivity contribution in [3.8, 4) is 5.75 Å². The molecule has 0 radical (unpaired) electrons. The average molecular weight is 317 g/mol. The van der Waals surface area contributed by atoms with Crippen LogP contribution in [-0.4, -0.2) is 42.6 Å². The summed E-state index contributed by atoms with van der Waals surface area (Å²) in [6.07, 6.45) is 1.41. The standard InChI is InChI=1S/C14H18Cl2N2O2/c1-18(2)14(20)10-7-8(5-6-17-10)12-11(19)4-3-9(15)13(12)16/h3-4,8,10,17,19H,5-7H2,1-2H3/t8-,10-/m1/s1. The van der Waals surface area contributed by atoms with Gasteiger partial charge in [0.25, 0.3) is 0 Å². The maximum atomic E-state index is 12.1. The number of aromatic hydroxyl groups is 1. The maximum absolute atomic E-state index is 12.1. The molecule has 1 saturated heterocycles. The minimum absolute atomic E-state index is 0.0244. The van der Waals surface area contributed by atoms with Gasteiger partial charge in [-0.3, -0.25) is 4.79 Å². The zero-order chi connectivity index (χ0) is 14.9. The molecule has 20 heavy (non-hydrogen) atoms. The van der Waals surface area contributed by atoms with E-state index in [9.17, 15) is 9.90 Å². The number of nitrogens with zero attached hydrogens (tertiary/aromatic N) is 1. The summed E-state index contributed by atoms with van der Waals surface area (Å²) < 4.78 is 0. The van der Waals surface area contributed by atoms with E-state index in [1.807, 2.05) is 0 Å². The second-order valence-electron chi connectivity index (χ2n) is 5.25. The number of benzene rings is 1. The van der Waals surface area contributed by atoms with Crippen LogP contribution in [0, 0.1) is 0 Å². The van der Waals surface area contributed by atoms with Crippen molar-refractivity contribution in [3.05, 3.63) is 27.7 Å². The van der Waals surface area contributed by atoms with Gasteiger partial charge in [0.1, 0.15) is 5.75 Å². The number of piperidine rings is 1. The molecule has 0 bridgehead atoms. The Kier molecular flexibility index (Phi) is 4.78. The van der Waals surface area contributed by atoms with Gasteiger partial charge in [0, 0.05) is 19.7 Å². The first-order valence-electron chi connectivity index (χ1n) is 6.53. The monoisotopic (exact) mass is 316 g/mol. The highest BCUT2D eigenvalue weighted by atomic mass is 35.5. The first-order valence-corrected chi connectivity index (χ1v) is 7.28. The van der Waals surface area contributed by atoms with Gasteiger partial charge in [0.2, 0.25) is 5.91 Å². The lowest BCUT2D eigenvalue weighted by molar-refractivity contribution is -0.131. The number of amides is 1. The minimum Gasteiger partial charge on any atom is -0.508 e. The van der Waals surface area contributed by atoms with E-state index in [-0.39, 0.29) is 23.6 Å². The molecule has 1 aromatic carbocycles. The van der Waals surface area contributed by atoms with Gasteiger partial charge < -0.3 is 15.3 Å². The van der Waals surface area contributed by atoms with Crippen molar-refractivity contribution in [2.75, 3.05) is 20.6 Å². The Morgan fingerprint density at radius 2 is 2.10 bits per heavy atom. The molecule has 6 heteroatoms. The van der Waals surface area contributed by atoms with Crippen LogP contribution in [0.15, 0.2) is 12.1 Å². The van der Waals surface area contributed by atoms with Gasteiger partial charge in [-0.2, -0.15) is 0 Å². The number of carbonyl (C=O) groups excluding carboxylic acids is 1. The number of nitrogens with one attached hydrogen (secondary N) is 1. The third-order valence-electron chi connectivity index (χ3n) is 3.66. The molecule has 2 N–H and O–H groups in total. The van der Waals surface area contributed by atoms with Crippen LogP contribution in [0.5, 0.6) is 5.75 Å². The molecule has 0 aromatic heterocycles. The normalized spacial score (nSPS) is 22.6. The van der Waals surface area contributed by atoms with Crippen LogP contribution < -0.4 is 5.32 Å². The molecule has 0 spiro atoms. The van der Waals surface area contributed by atoms with Crippen molar-refractivity contribution < 1.29 is 9.90 Å². The van der Waals surface area contributed by atoms with Crippen molar-refractivity contribution in [3.63, 3.8) is 0 Å².